The van der Waals surface area contributed by atoms with Crippen LogP contribution in [0.15, 0.2) is 29.5 Å². The Labute approximate surface area is 89.9 Å². The summed E-state index contributed by atoms with van der Waals surface area (Å²) in [6.07, 6.45) is 2.81. The molecular formula is C9H9N5O2. The summed E-state index contributed by atoms with van der Waals surface area (Å²) in [4.78, 5) is 29.1. The van der Waals surface area contributed by atoms with Crippen molar-refractivity contribution in [3.05, 3.63) is 46.4 Å². The highest BCUT2D eigenvalue weighted by Crippen LogP contribution is 1.91. The van der Waals surface area contributed by atoms with E-state index < -0.39 is 11.5 Å². The van der Waals surface area contributed by atoms with Crippen molar-refractivity contribution in [1.82, 2.24) is 25.5 Å². The van der Waals surface area contributed by atoms with Crippen LogP contribution in [0.5, 0.6) is 0 Å². The van der Waals surface area contributed by atoms with Gasteiger partial charge in [0.05, 0.1) is 6.54 Å². The molecule has 0 saturated carbocycles. The van der Waals surface area contributed by atoms with Gasteiger partial charge in [-0.2, -0.15) is 5.10 Å². The van der Waals surface area contributed by atoms with Crippen molar-refractivity contribution >= 4 is 5.91 Å². The van der Waals surface area contributed by atoms with Gasteiger partial charge in [-0.25, -0.2) is 4.98 Å². The number of aromatic amines is 2. The normalized spacial score (nSPS) is 10.0. The van der Waals surface area contributed by atoms with Crippen molar-refractivity contribution in [2.75, 3.05) is 0 Å². The first kappa shape index (κ1) is 10.1. The number of carbonyl (C=O) groups is 1. The van der Waals surface area contributed by atoms with Gasteiger partial charge >= 0.3 is 0 Å². The zero-order valence-corrected chi connectivity index (χ0v) is 8.23. The topological polar surface area (TPSA) is 104 Å². The zero-order valence-electron chi connectivity index (χ0n) is 8.23. The minimum Gasteiger partial charge on any atom is -0.345 e. The van der Waals surface area contributed by atoms with Gasteiger partial charge < -0.3 is 10.3 Å². The SMILES string of the molecule is O=C(NCc1ncn[nH]1)c1ccc[nH]c1=O. The molecule has 0 spiro atoms. The van der Waals surface area contributed by atoms with Gasteiger partial charge in [0.2, 0.25) is 0 Å². The van der Waals surface area contributed by atoms with Crippen LogP contribution in [0.3, 0.4) is 0 Å². The Balaban J connectivity index is 2.04. The first-order valence-electron chi connectivity index (χ1n) is 4.57. The van der Waals surface area contributed by atoms with E-state index in [9.17, 15) is 9.59 Å². The molecule has 0 atom stereocenters. The van der Waals surface area contributed by atoms with Crippen molar-refractivity contribution in [2.45, 2.75) is 6.54 Å². The molecular weight excluding hydrogens is 210 g/mol. The lowest BCUT2D eigenvalue weighted by molar-refractivity contribution is 0.0948. The first-order chi connectivity index (χ1) is 7.77. The maximum atomic E-state index is 11.6. The lowest BCUT2D eigenvalue weighted by atomic mass is 10.2. The number of amides is 1. The number of nitrogens with one attached hydrogen (secondary N) is 3. The first-order valence-corrected chi connectivity index (χ1v) is 4.57. The van der Waals surface area contributed by atoms with E-state index in [1.807, 2.05) is 0 Å². The molecule has 3 N–H and O–H groups in total. The minimum atomic E-state index is -0.446. The Bertz CT molecular complexity index is 531. The fraction of sp³-hybridized carbons (Fsp3) is 0.111. The molecule has 0 fully saturated rings. The van der Waals surface area contributed by atoms with Crippen LogP contribution in [0.4, 0.5) is 0 Å². The zero-order chi connectivity index (χ0) is 11.4. The van der Waals surface area contributed by atoms with Crippen LogP contribution in [0, 0.1) is 0 Å². The van der Waals surface area contributed by atoms with Crippen molar-refractivity contribution in [1.29, 1.82) is 0 Å². The van der Waals surface area contributed by atoms with Crippen LogP contribution in [-0.2, 0) is 6.54 Å². The van der Waals surface area contributed by atoms with E-state index in [2.05, 4.69) is 25.5 Å². The number of rotatable bonds is 3. The molecule has 0 unspecified atom stereocenters. The molecule has 2 heterocycles. The van der Waals surface area contributed by atoms with Gasteiger partial charge in [-0.1, -0.05) is 0 Å². The van der Waals surface area contributed by atoms with E-state index in [4.69, 9.17) is 0 Å². The molecule has 0 aliphatic rings. The number of H-pyrrole nitrogens is 2. The van der Waals surface area contributed by atoms with Crippen molar-refractivity contribution in [3.8, 4) is 0 Å². The Kier molecular flexibility index (Phi) is 2.77. The van der Waals surface area contributed by atoms with Gasteiger partial charge in [-0.05, 0) is 12.1 Å². The molecule has 0 radical (unpaired) electrons. The molecule has 7 heteroatoms. The number of aromatic nitrogens is 4. The Morgan fingerprint density at radius 2 is 2.38 bits per heavy atom. The van der Waals surface area contributed by atoms with Crippen LogP contribution >= 0.6 is 0 Å². The highest BCUT2D eigenvalue weighted by molar-refractivity contribution is 5.93. The van der Waals surface area contributed by atoms with Crippen molar-refractivity contribution in [3.63, 3.8) is 0 Å². The quantitative estimate of drug-likeness (QED) is 0.642. The number of hydrogen-bond donors (Lipinski definition) is 3. The third-order valence-corrected chi connectivity index (χ3v) is 1.94. The van der Waals surface area contributed by atoms with Gasteiger partial charge in [0.1, 0.15) is 17.7 Å². The molecule has 0 bridgehead atoms. The summed E-state index contributed by atoms with van der Waals surface area (Å²) in [5.41, 5.74) is -0.348. The summed E-state index contributed by atoms with van der Waals surface area (Å²) in [5.74, 6) is 0.0824. The van der Waals surface area contributed by atoms with Gasteiger partial charge in [0.15, 0.2) is 0 Å². The van der Waals surface area contributed by atoms with Gasteiger partial charge in [-0.3, -0.25) is 14.7 Å². The predicted molar refractivity (Wildman–Crippen MR) is 54.6 cm³/mol. The highest BCUT2D eigenvalue weighted by Gasteiger charge is 2.09. The Morgan fingerprint density at radius 1 is 1.50 bits per heavy atom. The second-order valence-electron chi connectivity index (χ2n) is 3.03. The number of pyridine rings is 1. The third kappa shape index (κ3) is 2.14. The van der Waals surface area contributed by atoms with E-state index in [0.717, 1.165) is 0 Å². The second-order valence-corrected chi connectivity index (χ2v) is 3.03. The fourth-order valence-electron chi connectivity index (χ4n) is 1.18. The molecule has 0 saturated heterocycles. The van der Waals surface area contributed by atoms with Crippen molar-refractivity contribution < 1.29 is 4.79 Å². The summed E-state index contributed by atoms with van der Waals surface area (Å²) in [7, 11) is 0. The molecule has 0 aliphatic heterocycles. The van der Waals surface area contributed by atoms with E-state index in [1.165, 1.54) is 18.6 Å². The molecule has 0 aromatic carbocycles. The number of nitrogens with zero attached hydrogens (tertiary/aromatic N) is 2. The molecule has 2 aromatic heterocycles. The summed E-state index contributed by atoms with van der Waals surface area (Å²) < 4.78 is 0. The summed E-state index contributed by atoms with van der Waals surface area (Å²) in [6, 6.07) is 3.04. The van der Waals surface area contributed by atoms with E-state index in [1.54, 1.807) is 6.07 Å². The maximum absolute atomic E-state index is 11.6. The average molecular weight is 219 g/mol. The molecule has 0 aliphatic carbocycles. The van der Waals surface area contributed by atoms with E-state index in [0.29, 0.717) is 5.82 Å². The summed E-state index contributed by atoms with van der Waals surface area (Å²) in [6.45, 7) is 0.202. The molecule has 2 rings (SSSR count). The lowest BCUT2D eigenvalue weighted by Gasteiger charge is -2.01. The average Bonchev–Trinajstić information content (AvgIpc) is 2.79. The number of carbonyl (C=O) groups excluding carboxylic acids is 1. The van der Waals surface area contributed by atoms with Crippen LogP contribution < -0.4 is 10.9 Å². The van der Waals surface area contributed by atoms with Crippen LogP contribution in [0.2, 0.25) is 0 Å². The Hall–Kier alpha value is -2.44. The van der Waals surface area contributed by atoms with Gasteiger partial charge in [0, 0.05) is 6.20 Å². The third-order valence-electron chi connectivity index (χ3n) is 1.94. The lowest BCUT2D eigenvalue weighted by Crippen LogP contribution is -2.29. The highest BCUT2D eigenvalue weighted by atomic mass is 16.2. The van der Waals surface area contributed by atoms with Crippen LogP contribution in [0.25, 0.3) is 0 Å². The van der Waals surface area contributed by atoms with Crippen LogP contribution in [-0.4, -0.2) is 26.1 Å². The number of hydrogen-bond acceptors (Lipinski definition) is 4. The monoisotopic (exact) mass is 219 g/mol. The van der Waals surface area contributed by atoms with Gasteiger partial charge in [0.25, 0.3) is 11.5 Å². The molecule has 1 amide bonds. The summed E-state index contributed by atoms with van der Waals surface area (Å²) in [5, 5.41) is 8.78. The molecule has 7 nitrogen and oxygen atoms in total. The minimum absolute atomic E-state index is 0.0713. The van der Waals surface area contributed by atoms with Crippen LogP contribution in [0.1, 0.15) is 16.2 Å². The molecule has 2 aromatic rings. The standard InChI is InChI=1S/C9H9N5O2/c15-8-6(2-1-3-10-8)9(16)11-4-7-12-5-13-14-7/h1-3,5H,4H2,(H,10,15)(H,11,16)(H,12,13,14). The largest absolute Gasteiger partial charge is 0.345 e. The van der Waals surface area contributed by atoms with Crippen molar-refractivity contribution in [2.24, 2.45) is 0 Å². The molecule has 16 heavy (non-hydrogen) atoms. The van der Waals surface area contributed by atoms with E-state index >= 15 is 0 Å². The fourth-order valence-corrected chi connectivity index (χ4v) is 1.18. The predicted octanol–water partition coefficient (Wildman–Crippen LogP) is -0.577. The second kappa shape index (κ2) is 4.39. The Morgan fingerprint density at radius 3 is 3.06 bits per heavy atom. The van der Waals surface area contributed by atoms with E-state index in [-0.39, 0.29) is 12.1 Å². The van der Waals surface area contributed by atoms with Gasteiger partial charge in [-0.15, -0.1) is 0 Å². The molecule has 82 valence electrons. The summed E-state index contributed by atoms with van der Waals surface area (Å²) >= 11 is 0. The smallest absolute Gasteiger partial charge is 0.260 e. The maximum Gasteiger partial charge on any atom is 0.260 e.